The van der Waals surface area contributed by atoms with Gasteiger partial charge in [0.2, 0.25) is 11.8 Å². The molecule has 0 radical (unpaired) electrons. The summed E-state index contributed by atoms with van der Waals surface area (Å²) in [5.41, 5.74) is 0.993. The van der Waals surface area contributed by atoms with Gasteiger partial charge < -0.3 is 14.5 Å². The average Bonchev–Trinajstić information content (AvgIpc) is 3.40. The zero-order valence-corrected chi connectivity index (χ0v) is 14.5. The van der Waals surface area contributed by atoms with E-state index in [4.69, 9.17) is 4.74 Å². The molecule has 0 bridgehead atoms. The molecule has 5 heteroatoms. The number of rotatable bonds is 5. The third-order valence-corrected chi connectivity index (χ3v) is 4.52. The van der Waals surface area contributed by atoms with Crippen LogP contribution in [0.25, 0.3) is 0 Å². The summed E-state index contributed by atoms with van der Waals surface area (Å²) >= 11 is 0. The number of hydrogen-bond acceptors (Lipinski definition) is 3. The number of carbonyl (C=O) groups excluding carboxylic acids is 2. The Hall–Kier alpha value is -2.04. The number of ether oxygens (including phenoxy) is 1. The number of hydrogen-bond donors (Lipinski definition) is 0. The molecule has 130 valence electrons. The number of piperazine rings is 1. The van der Waals surface area contributed by atoms with Crippen molar-refractivity contribution >= 4 is 11.8 Å². The van der Waals surface area contributed by atoms with E-state index in [1.165, 1.54) is 0 Å². The Morgan fingerprint density at radius 2 is 1.62 bits per heavy atom. The fourth-order valence-corrected chi connectivity index (χ4v) is 3.01. The number of benzene rings is 1. The van der Waals surface area contributed by atoms with Crippen LogP contribution in [0.15, 0.2) is 24.3 Å². The van der Waals surface area contributed by atoms with Gasteiger partial charge in [0.25, 0.3) is 0 Å². The van der Waals surface area contributed by atoms with Crippen molar-refractivity contribution in [3.8, 4) is 5.75 Å². The fraction of sp³-hybridized carbons (Fsp3) is 0.579. The van der Waals surface area contributed by atoms with Gasteiger partial charge in [0.1, 0.15) is 5.75 Å². The molecule has 1 aromatic carbocycles. The Labute approximate surface area is 143 Å². The maximum atomic E-state index is 12.4. The summed E-state index contributed by atoms with van der Waals surface area (Å²) < 4.78 is 5.62. The second-order valence-corrected chi connectivity index (χ2v) is 6.97. The quantitative estimate of drug-likeness (QED) is 0.831. The van der Waals surface area contributed by atoms with Crippen molar-refractivity contribution in [3.63, 3.8) is 0 Å². The summed E-state index contributed by atoms with van der Waals surface area (Å²) in [6, 6.07) is 7.72. The highest BCUT2D eigenvalue weighted by atomic mass is 16.5. The first-order valence-electron chi connectivity index (χ1n) is 8.85. The van der Waals surface area contributed by atoms with Crippen molar-refractivity contribution in [2.24, 2.45) is 5.92 Å². The normalized spacial score (nSPS) is 18.0. The summed E-state index contributed by atoms with van der Waals surface area (Å²) in [5.74, 6) is 1.50. The first-order valence-corrected chi connectivity index (χ1v) is 8.85. The van der Waals surface area contributed by atoms with Crippen molar-refractivity contribution in [2.75, 3.05) is 26.2 Å². The third kappa shape index (κ3) is 4.28. The Bertz CT molecular complexity index is 585. The molecule has 2 aliphatic rings. The van der Waals surface area contributed by atoms with Gasteiger partial charge in [-0.2, -0.15) is 0 Å². The van der Waals surface area contributed by atoms with Crippen molar-refractivity contribution in [1.82, 2.24) is 9.80 Å². The Morgan fingerprint density at radius 3 is 2.17 bits per heavy atom. The van der Waals surface area contributed by atoms with E-state index in [0.29, 0.717) is 32.6 Å². The van der Waals surface area contributed by atoms with Gasteiger partial charge >= 0.3 is 0 Å². The van der Waals surface area contributed by atoms with Crippen LogP contribution in [-0.2, 0) is 16.0 Å². The van der Waals surface area contributed by atoms with E-state index in [1.54, 1.807) is 0 Å². The first kappa shape index (κ1) is 16.8. The first-order chi connectivity index (χ1) is 11.5. The molecule has 3 rings (SSSR count). The molecule has 24 heavy (non-hydrogen) atoms. The van der Waals surface area contributed by atoms with Crippen molar-refractivity contribution in [2.45, 2.75) is 39.2 Å². The van der Waals surface area contributed by atoms with E-state index in [2.05, 4.69) is 0 Å². The van der Waals surface area contributed by atoms with Gasteiger partial charge in [0.05, 0.1) is 12.5 Å². The lowest BCUT2D eigenvalue weighted by Crippen LogP contribution is -2.51. The van der Waals surface area contributed by atoms with E-state index >= 15 is 0 Å². The van der Waals surface area contributed by atoms with E-state index in [-0.39, 0.29) is 23.8 Å². The molecule has 0 unspecified atom stereocenters. The summed E-state index contributed by atoms with van der Waals surface area (Å²) in [6.07, 6.45) is 2.62. The average molecular weight is 330 g/mol. The van der Waals surface area contributed by atoms with Crippen LogP contribution in [0, 0.1) is 5.92 Å². The molecule has 5 nitrogen and oxygen atoms in total. The van der Waals surface area contributed by atoms with E-state index in [1.807, 2.05) is 47.9 Å². The van der Waals surface area contributed by atoms with E-state index in [0.717, 1.165) is 24.2 Å². The van der Waals surface area contributed by atoms with Crippen molar-refractivity contribution < 1.29 is 14.3 Å². The lowest BCUT2D eigenvalue weighted by Gasteiger charge is -2.35. The van der Waals surface area contributed by atoms with Crippen LogP contribution in [0.5, 0.6) is 5.75 Å². The highest BCUT2D eigenvalue weighted by Crippen LogP contribution is 2.31. The number of carbonyl (C=O) groups is 2. The smallest absolute Gasteiger partial charge is 0.227 e. The lowest BCUT2D eigenvalue weighted by atomic mass is 10.1. The second-order valence-electron chi connectivity index (χ2n) is 6.97. The molecule has 1 aliphatic carbocycles. The van der Waals surface area contributed by atoms with Gasteiger partial charge in [0.15, 0.2) is 0 Å². The minimum atomic E-state index is 0.131. The van der Waals surface area contributed by atoms with Gasteiger partial charge in [-0.3, -0.25) is 9.59 Å². The number of amides is 2. The van der Waals surface area contributed by atoms with Crippen molar-refractivity contribution in [1.29, 1.82) is 0 Å². The largest absolute Gasteiger partial charge is 0.491 e. The maximum absolute atomic E-state index is 12.4. The Kier molecular flexibility index (Phi) is 5.07. The highest BCUT2D eigenvalue weighted by molar-refractivity contribution is 5.82. The molecule has 1 saturated carbocycles. The monoisotopic (exact) mass is 330 g/mol. The Morgan fingerprint density at radius 1 is 1.04 bits per heavy atom. The van der Waals surface area contributed by atoms with Crippen LogP contribution in [0.4, 0.5) is 0 Å². The highest BCUT2D eigenvalue weighted by Gasteiger charge is 2.35. The van der Waals surface area contributed by atoms with Gasteiger partial charge in [-0.05, 0) is 44.4 Å². The zero-order chi connectivity index (χ0) is 17.1. The molecule has 1 aromatic rings. The molecule has 0 atom stereocenters. The number of nitrogens with zero attached hydrogens (tertiary/aromatic N) is 2. The van der Waals surface area contributed by atoms with E-state index < -0.39 is 0 Å². The summed E-state index contributed by atoms with van der Waals surface area (Å²) in [6.45, 7) is 6.61. The maximum Gasteiger partial charge on any atom is 0.227 e. The molecule has 1 saturated heterocycles. The predicted octanol–water partition coefficient (Wildman–Crippen LogP) is 2.10. The van der Waals surface area contributed by atoms with Gasteiger partial charge in [0, 0.05) is 32.1 Å². The van der Waals surface area contributed by atoms with Crippen LogP contribution in [0.3, 0.4) is 0 Å². The van der Waals surface area contributed by atoms with Crippen LogP contribution >= 0.6 is 0 Å². The van der Waals surface area contributed by atoms with Crippen LogP contribution in [-0.4, -0.2) is 53.9 Å². The molecular weight excluding hydrogens is 304 g/mol. The van der Waals surface area contributed by atoms with Crippen LogP contribution in [0.1, 0.15) is 32.3 Å². The lowest BCUT2D eigenvalue weighted by molar-refractivity contribution is -0.140. The minimum Gasteiger partial charge on any atom is -0.491 e. The van der Waals surface area contributed by atoms with Crippen LogP contribution < -0.4 is 4.74 Å². The molecule has 1 heterocycles. The van der Waals surface area contributed by atoms with Crippen molar-refractivity contribution in [3.05, 3.63) is 29.8 Å². The molecule has 0 N–H and O–H groups in total. The molecule has 2 fully saturated rings. The van der Waals surface area contributed by atoms with E-state index in [9.17, 15) is 9.59 Å². The third-order valence-electron chi connectivity index (χ3n) is 4.52. The summed E-state index contributed by atoms with van der Waals surface area (Å²) in [4.78, 5) is 28.3. The predicted molar refractivity (Wildman–Crippen MR) is 91.8 cm³/mol. The van der Waals surface area contributed by atoms with Crippen LogP contribution in [0.2, 0.25) is 0 Å². The second kappa shape index (κ2) is 7.24. The fourth-order valence-electron chi connectivity index (χ4n) is 3.01. The molecule has 1 aliphatic heterocycles. The molecular formula is C19H26N2O3. The molecule has 2 amide bonds. The standard InChI is InChI=1S/C19H26N2O3/c1-14(2)24-17-7-3-15(4-8-17)13-18(22)20-9-11-21(12-10-20)19(23)16-5-6-16/h3-4,7-8,14,16H,5-6,9-13H2,1-2H3. The SMILES string of the molecule is CC(C)Oc1ccc(CC(=O)N2CCN(C(=O)C3CC3)CC2)cc1. The summed E-state index contributed by atoms with van der Waals surface area (Å²) in [7, 11) is 0. The summed E-state index contributed by atoms with van der Waals surface area (Å²) in [5, 5.41) is 0. The van der Waals surface area contributed by atoms with Gasteiger partial charge in [-0.1, -0.05) is 12.1 Å². The Balaban J connectivity index is 1.47. The van der Waals surface area contributed by atoms with Gasteiger partial charge in [-0.25, -0.2) is 0 Å². The molecule has 0 aromatic heterocycles. The molecule has 0 spiro atoms. The van der Waals surface area contributed by atoms with Gasteiger partial charge in [-0.15, -0.1) is 0 Å². The zero-order valence-electron chi connectivity index (χ0n) is 14.5. The topological polar surface area (TPSA) is 49.9 Å². The minimum absolute atomic E-state index is 0.131.